The van der Waals surface area contributed by atoms with Crippen LogP contribution in [0.5, 0.6) is 5.75 Å². The molecule has 3 aliphatic rings. The lowest BCUT2D eigenvalue weighted by molar-refractivity contribution is -0.277. The van der Waals surface area contributed by atoms with Gasteiger partial charge in [0.15, 0.2) is 5.78 Å². The van der Waals surface area contributed by atoms with Crippen LogP contribution >= 0.6 is 0 Å². The van der Waals surface area contributed by atoms with Gasteiger partial charge in [-0.3, -0.25) is 4.79 Å². The first-order valence-corrected chi connectivity index (χ1v) is 11.8. The van der Waals surface area contributed by atoms with E-state index in [1.165, 1.54) is 0 Å². The minimum Gasteiger partial charge on any atom is -0.462 e. The largest absolute Gasteiger partial charge is 0.462 e. The molecule has 33 heavy (non-hydrogen) atoms. The average molecular weight is 465 g/mol. The Morgan fingerprint density at radius 3 is 2.42 bits per heavy atom. The molecule has 1 aromatic carbocycles. The highest BCUT2D eigenvalue weighted by Gasteiger charge is 2.49. The number of aliphatic hydroxyl groups excluding tert-OH is 5. The Kier molecular flexibility index (Phi) is 6.63. The molecule has 1 heterocycles. The lowest BCUT2D eigenvalue weighted by atomic mass is 9.56. The first-order chi connectivity index (χ1) is 15.5. The lowest BCUT2D eigenvalue weighted by Crippen LogP contribution is -2.60. The average Bonchev–Trinajstić information content (AvgIpc) is 2.77. The van der Waals surface area contributed by atoms with Crippen molar-refractivity contribution in [1.29, 1.82) is 0 Å². The second-order valence-electron chi connectivity index (χ2n) is 10.7. The molecular weight excluding hydrogens is 428 g/mol. The molecule has 0 aromatic heterocycles. The normalized spacial score (nSPS) is 38.1. The molecule has 0 spiro atoms. The number of carbonyl (C=O) groups is 1. The highest BCUT2D eigenvalue weighted by Crippen LogP contribution is 2.54. The second-order valence-corrected chi connectivity index (χ2v) is 10.7. The van der Waals surface area contributed by atoms with Crippen LogP contribution in [0.4, 0.5) is 0 Å². The number of rotatable bonds is 4. The number of ether oxygens (including phenoxy) is 2. The van der Waals surface area contributed by atoms with Crippen LogP contribution < -0.4 is 4.74 Å². The third-order valence-corrected chi connectivity index (χ3v) is 8.05. The van der Waals surface area contributed by atoms with Crippen molar-refractivity contribution in [3.05, 3.63) is 28.8 Å². The molecule has 1 aliphatic heterocycles. The number of carbonyl (C=O) groups excluding carboxylic acids is 1. The minimum absolute atomic E-state index is 0.00493. The van der Waals surface area contributed by atoms with Crippen molar-refractivity contribution in [3.63, 3.8) is 0 Å². The molecule has 4 rings (SSSR count). The first kappa shape index (κ1) is 24.6. The van der Waals surface area contributed by atoms with Crippen molar-refractivity contribution in [2.24, 2.45) is 11.3 Å². The zero-order valence-corrected chi connectivity index (χ0v) is 19.6. The quantitative estimate of drug-likeness (QED) is 0.452. The SMILES string of the molecule is CC(C)c1cc2c(cc1O[C@@H]1O[C@H](CO)[C@@H](O)[C@H](O)[C@H]1O)[C@H]1CC[C@H](O)C(C)(C)[C@@H]1CC2=O. The van der Waals surface area contributed by atoms with Gasteiger partial charge in [0.2, 0.25) is 6.29 Å². The summed E-state index contributed by atoms with van der Waals surface area (Å²) >= 11 is 0. The van der Waals surface area contributed by atoms with Gasteiger partial charge in [0.25, 0.3) is 0 Å². The van der Waals surface area contributed by atoms with Gasteiger partial charge in [0.1, 0.15) is 30.2 Å². The number of ketones is 1. The van der Waals surface area contributed by atoms with Crippen LogP contribution in [0.2, 0.25) is 0 Å². The van der Waals surface area contributed by atoms with Gasteiger partial charge in [-0.25, -0.2) is 0 Å². The molecule has 0 radical (unpaired) electrons. The number of hydrogen-bond acceptors (Lipinski definition) is 8. The van der Waals surface area contributed by atoms with Crippen LogP contribution in [0.25, 0.3) is 0 Å². The van der Waals surface area contributed by atoms with Gasteiger partial charge < -0.3 is 35.0 Å². The molecule has 0 unspecified atom stereocenters. The van der Waals surface area contributed by atoms with Gasteiger partial charge in [-0.05, 0) is 59.3 Å². The summed E-state index contributed by atoms with van der Waals surface area (Å²) in [5, 5.41) is 50.7. The van der Waals surface area contributed by atoms with Gasteiger partial charge in [-0.15, -0.1) is 0 Å². The van der Waals surface area contributed by atoms with Crippen LogP contribution in [-0.4, -0.2) is 74.7 Å². The van der Waals surface area contributed by atoms with E-state index in [2.05, 4.69) is 0 Å². The molecule has 1 saturated carbocycles. The molecule has 8 heteroatoms. The van der Waals surface area contributed by atoms with Crippen LogP contribution in [0.3, 0.4) is 0 Å². The monoisotopic (exact) mass is 464 g/mol. The van der Waals surface area contributed by atoms with Gasteiger partial charge in [0.05, 0.1) is 12.7 Å². The summed E-state index contributed by atoms with van der Waals surface area (Å²) in [7, 11) is 0. The molecular formula is C25H36O8. The van der Waals surface area contributed by atoms with Crippen molar-refractivity contribution in [2.75, 3.05) is 6.61 Å². The fourth-order valence-electron chi connectivity index (χ4n) is 5.77. The van der Waals surface area contributed by atoms with E-state index in [0.29, 0.717) is 24.2 Å². The zero-order chi connectivity index (χ0) is 24.2. The van der Waals surface area contributed by atoms with Crippen molar-refractivity contribution in [1.82, 2.24) is 0 Å². The number of aliphatic hydroxyl groups is 5. The summed E-state index contributed by atoms with van der Waals surface area (Å²) in [6.45, 7) is 7.43. The Balaban J connectivity index is 1.73. The highest BCUT2D eigenvalue weighted by molar-refractivity contribution is 5.99. The van der Waals surface area contributed by atoms with E-state index in [1.54, 1.807) is 0 Å². The Morgan fingerprint density at radius 1 is 1.09 bits per heavy atom. The predicted molar refractivity (Wildman–Crippen MR) is 119 cm³/mol. The molecule has 184 valence electrons. The summed E-state index contributed by atoms with van der Waals surface area (Å²) in [4.78, 5) is 13.1. The topological polar surface area (TPSA) is 137 Å². The molecule has 0 bridgehead atoms. The third-order valence-electron chi connectivity index (χ3n) is 8.05. The molecule has 0 amide bonds. The van der Waals surface area contributed by atoms with E-state index in [4.69, 9.17) is 9.47 Å². The van der Waals surface area contributed by atoms with E-state index < -0.39 is 48.8 Å². The number of fused-ring (bicyclic) bond motifs is 3. The maximum Gasteiger partial charge on any atom is 0.229 e. The fraction of sp³-hybridized carbons (Fsp3) is 0.720. The van der Waals surface area contributed by atoms with Crippen LogP contribution in [0, 0.1) is 11.3 Å². The maximum absolute atomic E-state index is 13.1. The van der Waals surface area contributed by atoms with E-state index in [9.17, 15) is 30.3 Å². The summed E-state index contributed by atoms with van der Waals surface area (Å²) < 4.78 is 11.6. The van der Waals surface area contributed by atoms with Crippen molar-refractivity contribution < 1.29 is 39.8 Å². The smallest absolute Gasteiger partial charge is 0.229 e. The van der Waals surface area contributed by atoms with Gasteiger partial charge in [-0.1, -0.05) is 27.7 Å². The summed E-state index contributed by atoms with van der Waals surface area (Å²) in [5.74, 6) is 0.589. The number of Topliss-reactive ketones (excluding diaryl/α,β-unsaturated/α-hetero) is 1. The lowest BCUT2D eigenvalue weighted by Gasteiger charge is -2.49. The Labute approximate surface area is 194 Å². The summed E-state index contributed by atoms with van der Waals surface area (Å²) in [6.07, 6.45) is -5.54. The molecule has 2 fully saturated rings. The molecule has 8 atom stereocenters. The maximum atomic E-state index is 13.1. The standard InChI is InChI=1S/C25H36O8/c1-11(2)13-7-15-14(12-5-6-20(28)25(3,4)16(12)9-17(15)27)8-18(13)32-24-23(31)22(30)21(29)19(10-26)33-24/h7-8,11-12,16,19-24,26,28-31H,5-6,9-10H2,1-4H3/t12-,16-,19-,20+,21-,22+,23-,24-/m1/s1. The first-order valence-electron chi connectivity index (χ1n) is 11.8. The van der Waals surface area contributed by atoms with Crippen molar-refractivity contribution in [3.8, 4) is 5.75 Å². The van der Waals surface area contributed by atoms with Gasteiger partial charge in [0, 0.05) is 12.0 Å². The Morgan fingerprint density at radius 2 is 1.79 bits per heavy atom. The molecule has 8 nitrogen and oxygen atoms in total. The number of benzene rings is 1. The van der Waals surface area contributed by atoms with E-state index >= 15 is 0 Å². The van der Waals surface area contributed by atoms with Crippen LogP contribution in [0.15, 0.2) is 12.1 Å². The Hall–Kier alpha value is -1.55. The molecule has 1 aromatic rings. The fourth-order valence-corrected chi connectivity index (χ4v) is 5.77. The predicted octanol–water partition coefficient (Wildman–Crippen LogP) is 1.46. The molecule has 2 aliphatic carbocycles. The van der Waals surface area contributed by atoms with Crippen molar-refractivity contribution in [2.45, 2.75) is 95.6 Å². The van der Waals surface area contributed by atoms with Crippen LogP contribution in [0.1, 0.15) is 80.3 Å². The highest BCUT2D eigenvalue weighted by atomic mass is 16.7. The third kappa shape index (κ3) is 4.11. The summed E-state index contributed by atoms with van der Waals surface area (Å²) in [6, 6.07) is 3.70. The van der Waals surface area contributed by atoms with Gasteiger partial charge >= 0.3 is 0 Å². The molecule has 1 saturated heterocycles. The van der Waals surface area contributed by atoms with E-state index in [-0.39, 0.29) is 23.5 Å². The van der Waals surface area contributed by atoms with E-state index in [1.807, 2.05) is 39.8 Å². The number of hydrogen-bond donors (Lipinski definition) is 5. The van der Waals surface area contributed by atoms with Gasteiger partial charge in [-0.2, -0.15) is 0 Å². The van der Waals surface area contributed by atoms with E-state index in [0.717, 1.165) is 17.5 Å². The summed E-state index contributed by atoms with van der Waals surface area (Å²) in [5.41, 5.74) is 1.92. The van der Waals surface area contributed by atoms with Crippen molar-refractivity contribution >= 4 is 5.78 Å². The van der Waals surface area contributed by atoms with Crippen LogP contribution in [-0.2, 0) is 4.74 Å². The minimum atomic E-state index is -1.53. The Bertz CT molecular complexity index is 895. The molecule has 5 N–H and O–H groups in total. The second kappa shape index (κ2) is 8.91. The zero-order valence-electron chi connectivity index (χ0n) is 19.6.